The average molecular weight is 206 g/mol. The van der Waals surface area contributed by atoms with Crippen LogP contribution in [0.5, 0.6) is 0 Å². The molecule has 0 heterocycles. The van der Waals surface area contributed by atoms with E-state index in [0.717, 1.165) is 25.6 Å². The van der Waals surface area contributed by atoms with Crippen molar-refractivity contribution in [3.63, 3.8) is 0 Å². The number of nitrogens with one attached hydrogen (secondary N) is 1. The molecule has 0 amide bonds. The molecule has 3 heteroatoms. The van der Waals surface area contributed by atoms with Crippen molar-refractivity contribution in [2.24, 2.45) is 5.92 Å². The minimum atomic E-state index is 0.331. The molecule has 0 saturated heterocycles. The molecular weight excluding hydrogens is 186 g/mol. The summed E-state index contributed by atoms with van der Waals surface area (Å²) < 4.78 is 5.39. The van der Waals surface area contributed by atoms with Crippen LogP contribution >= 0.6 is 11.6 Å². The van der Waals surface area contributed by atoms with E-state index in [1.54, 1.807) is 0 Å². The normalized spacial score (nSPS) is 19.4. The second-order valence-corrected chi connectivity index (χ2v) is 4.54. The van der Waals surface area contributed by atoms with Gasteiger partial charge in [-0.2, -0.15) is 0 Å². The molecule has 1 rings (SSSR count). The molecule has 1 fully saturated rings. The third-order valence-corrected chi connectivity index (χ3v) is 2.71. The van der Waals surface area contributed by atoms with Crippen molar-refractivity contribution in [3.05, 3.63) is 0 Å². The van der Waals surface area contributed by atoms with E-state index in [1.165, 1.54) is 12.8 Å². The molecule has 2 nitrogen and oxygen atoms in total. The molecule has 0 aliphatic heterocycles. The van der Waals surface area contributed by atoms with Gasteiger partial charge < -0.3 is 10.1 Å². The van der Waals surface area contributed by atoms with Gasteiger partial charge in [-0.15, -0.1) is 11.6 Å². The highest BCUT2D eigenvalue weighted by Gasteiger charge is 2.28. The molecule has 1 saturated carbocycles. The molecule has 0 radical (unpaired) electrons. The fourth-order valence-corrected chi connectivity index (χ4v) is 1.59. The highest BCUT2D eigenvalue weighted by atomic mass is 35.5. The van der Waals surface area contributed by atoms with E-state index in [1.807, 2.05) is 0 Å². The zero-order valence-corrected chi connectivity index (χ0v) is 9.31. The quantitative estimate of drug-likeness (QED) is 0.507. The first-order valence-electron chi connectivity index (χ1n) is 5.16. The number of ether oxygens (including phenoxy) is 1. The number of alkyl halides is 1. The summed E-state index contributed by atoms with van der Waals surface area (Å²) in [6.07, 6.45) is 2.97. The van der Waals surface area contributed by atoms with Gasteiger partial charge in [0.1, 0.15) is 0 Å². The van der Waals surface area contributed by atoms with Gasteiger partial charge in [-0.25, -0.2) is 0 Å². The summed E-state index contributed by atoms with van der Waals surface area (Å²) in [5.74, 6) is 0.778. The molecule has 1 unspecified atom stereocenters. The Kier molecular flexibility index (Phi) is 5.07. The maximum atomic E-state index is 6.12. The van der Waals surface area contributed by atoms with Gasteiger partial charge in [0.2, 0.25) is 0 Å². The minimum Gasteiger partial charge on any atom is -0.377 e. The molecule has 0 aromatic heterocycles. The van der Waals surface area contributed by atoms with Crippen LogP contribution in [0.1, 0.15) is 26.7 Å². The SMILES string of the molecule is CC(C)OCCNCC(Cl)C1CC1. The minimum absolute atomic E-state index is 0.331. The highest BCUT2D eigenvalue weighted by Crippen LogP contribution is 2.35. The summed E-state index contributed by atoms with van der Waals surface area (Å²) in [7, 11) is 0. The Labute approximate surface area is 86.0 Å². The van der Waals surface area contributed by atoms with Crippen molar-refractivity contribution in [1.29, 1.82) is 0 Å². The molecule has 0 bridgehead atoms. The topological polar surface area (TPSA) is 21.3 Å². The van der Waals surface area contributed by atoms with E-state index >= 15 is 0 Å². The summed E-state index contributed by atoms with van der Waals surface area (Å²) in [5, 5.41) is 3.64. The Morgan fingerprint density at radius 2 is 2.15 bits per heavy atom. The second kappa shape index (κ2) is 5.84. The smallest absolute Gasteiger partial charge is 0.0594 e. The molecular formula is C10H20ClNO. The van der Waals surface area contributed by atoms with Crippen LogP contribution in [0.4, 0.5) is 0 Å². The van der Waals surface area contributed by atoms with E-state index in [9.17, 15) is 0 Å². The largest absolute Gasteiger partial charge is 0.377 e. The lowest BCUT2D eigenvalue weighted by Gasteiger charge is -2.11. The van der Waals surface area contributed by atoms with Crippen LogP contribution < -0.4 is 5.32 Å². The van der Waals surface area contributed by atoms with Crippen LogP contribution in [0.3, 0.4) is 0 Å². The summed E-state index contributed by atoms with van der Waals surface area (Å²) in [6, 6.07) is 0. The number of hydrogen-bond donors (Lipinski definition) is 1. The van der Waals surface area contributed by atoms with E-state index in [-0.39, 0.29) is 0 Å². The molecule has 1 aliphatic rings. The lowest BCUT2D eigenvalue weighted by atomic mass is 10.3. The van der Waals surface area contributed by atoms with Crippen LogP contribution in [0, 0.1) is 5.92 Å². The van der Waals surface area contributed by atoms with Crippen LogP contribution in [-0.2, 0) is 4.74 Å². The molecule has 0 spiro atoms. The fraction of sp³-hybridized carbons (Fsp3) is 1.00. The van der Waals surface area contributed by atoms with Crippen molar-refractivity contribution in [1.82, 2.24) is 5.32 Å². The molecule has 0 aromatic carbocycles. The Bertz CT molecular complexity index is 137. The summed E-state index contributed by atoms with van der Waals surface area (Å²) in [6.45, 7) is 6.72. The van der Waals surface area contributed by atoms with Gasteiger partial charge in [-0.3, -0.25) is 0 Å². The van der Waals surface area contributed by atoms with Crippen molar-refractivity contribution in [2.75, 3.05) is 19.7 Å². The molecule has 78 valence electrons. The Balaban J connectivity index is 1.83. The zero-order chi connectivity index (χ0) is 9.68. The Morgan fingerprint density at radius 1 is 1.46 bits per heavy atom. The molecule has 0 aromatic rings. The van der Waals surface area contributed by atoms with E-state index in [0.29, 0.717) is 11.5 Å². The molecule has 13 heavy (non-hydrogen) atoms. The van der Waals surface area contributed by atoms with Crippen molar-refractivity contribution < 1.29 is 4.74 Å². The first kappa shape index (κ1) is 11.3. The summed E-state index contributed by atoms with van der Waals surface area (Å²) in [5.41, 5.74) is 0. The van der Waals surface area contributed by atoms with E-state index in [2.05, 4.69) is 19.2 Å². The highest BCUT2D eigenvalue weighted by molar-refractivity contribution is 6.21. The van der Waals surface area contributed by atoms with E-state index < -0.39 is 0 Å². The maximum absolute atomic E-state index is 6.12. The molecule has 1 aliphatic carbocycles. The third-order valence-electron chi connectivity index (χ3n) is 2.20. The molecule has 1 N–H and O–H groups in total. The van der Waals surface area contributed by atoms with Crippen molar-refractivity contribution in [3.8, 4) is 0 Å². The lowest BCUT2D eigenvalue weighted by molar-refractivity contribution is 0.0809. The third kappa shape index (κ3) is 5.50. The van der Waals surface area contributed by atoms with Gasteiger partial charge in [0.15, 0.2) is 0 Å². The standard InChI is InChI=1S/C10H20ClNO/c1-8(2)13-6-5-12-7-10(11)9-3-4-9/h8-10,12H,3-7H2,1-2H3. The van der Waals surface area contributed by atoms with E-state index in [4.69, 9.17) is 16.3 Å². The monoisotopic (exact) mass is 205 g/mol. The van der Waals surface area contributed by atoms with Gasteiger partial charge in [0, 0.05) is 18.5 Å². The van der Waals surface area contributed by atoms with Gasteiger partial charge in [0.25, 0.3) is 0 Å². The fourth-order valence-electron chi connectivity index (χ4n) is 1.23. The predicted molar refractivity (Wildman–Crippen MR) is 56.3 cm³/mol. The first-order valence-corrected chi connectivity index (χ1v) is 5.60. The first-order chi connectivity index (χ1) is 6.20. The van der Waals surface area contributed by atoms with Gasteiger partial charge in [0.05, 0.1) is 12.7 Å². The lowest BCUT2D eigenvalue weighted by Crippen LogP contribution is -2.28. The van der Waals surface area contributed by atoms with Crippen molar-refractivity contribution in [2.45, 2.75) is 38.2 Å². The average Bonchev–Trinajstić information content (AvgIpc) is 2.85. The second-order valence-electron chi connectivity index (χ2n) is 3.98. The van der Waals surface area contributed by atoms with Crippen LogP contribution in [0.2, 0.25) is 0 Å². The predicted octanol–water partition coefficient (Wildman–Crippen LogP) is 2.02. The van der Waals surface area contributed by atoms with Crippen LogP contribution in [0.25, 0.3) is 0 Å². The number of hydrogen-bond acceptors (Lipinski definition) is 2. The summed E-state index contributed by atoms with van der Waals surface area (Å²) in [4.78, 5) is 0. The van der Waals surface area contributed by atoms with Crippen LogP contribution in [-0.4, -0.2) is 31.2 Å². The van der Waals surface area contributed by atoms with Crippen LogP contribution in [0.15, 0.2) is 0 Å². The number of rotatable bonds is 7. The number of halogens is 1. The van der Waals surface area contributed by atoms with Crippen molar-refractivity contribution >= 4 is 11.6 Å². The van der Waals surface area contributed by atoms with Gasteiger partial charge in [-0.05, 0) is 32.6 Å². The zero-order valence-electron chi connectivity index (χ0n) is 8.55. The molecule has 1 atom stereocenters. The van der Waals surface area contributed by atoms with Gasteiger partial charge >= 0.3 is 0 Å². The maximum Gasteiger partial charge on any atom is 0.0594 e. The Morgan fingerprint density at radius 3 is 2.69 bits per heavy atom. The summed E-state index contributed by atoms with van der Waals surface area (Å²) >= 11 is 6.12. The Hall–Kier alpha value is 0.210. The van der Waals surface area contributed by atoms with Gasteiger partial charge in [-0.1, -0.05) is 0 Å².